The van der Waals surface area contributed by atoms with Crippen molar-refractivity contribution in [3.05, 3.63) is 65.7 Å². The van der Waals surface area contributed by atoms with E-state index in [4.69, 9.17) is 4.99 Å². The third kappa shape index (κ3) is 3.24. The molecule has 2 aliphatic heterocycles. The molecule has 0 spiro atoms. The van der Waals surface area contributed by atoms with E-state index in [1.165, 1.54) is 10.6 Å². The summed E-state index contributed by atoms with van der Waals surface area (Å²) in [6.07, 6.45) is 2.05. The molecular weight excluding hydrogens is 316 g/mol. The fraction of sp³-hybridized carbons (Fsp3) is 0.300. The van der Waals surface area contributed by atoms with Crippen molar-refractivity contribution in [2.75, 3.05) is 18.8 Å². The molecule has 1 unspecified atom stereocenters. The molecule has 122 valence electrons. The first kappa shape index (κ1) is 15.5. The van der Waals surface area contributed by atoms with Gasteiger partial charge in [0.2, 0.25) is 0 Å². The van der Waals surface area contributed by atoms with Gasteiger partial charge in [-0.25, -0.2) is 4.99 Å². The summed E-state index contributed by atoms with van der Waals surface area (Å²) in [6, 6.07) is 17.9. The van der Waals surface area contributed by atoms with E-state index in [0.29, 0.717) is 5.92 Å². The minimum atomic E-state index is 0.161. The van der Waals surface area contributed by atoms with Crippen molar-refractivity contribution in [3.63, 3.8) is 0 Å². The summed E-state index contributed by atoms with van der Waals surface area (Å²) in [5, 5.41) is 1.21. The molecule has 2 heterocycles. The summed E-state index contributed by atoms with van der Waals surface area (Å²) in [7, 11) is 0. The van der Waals surface area contributed by atoms with Crippen LogP contribution in [0.4, 0.5) is 5.69 Å². The van der Waals surface area contributed by atoms with E-state index in [2.05, 4.69) is 18.2 Å². The number of amides is 1. The van der Waals surface area contributed by atoms with Crippen molar-refractivity contribution < 1.29 is 4.79 Å². The SMILES string of the molecule is O=C(c1ccccc1)N1CCC(CSC2=Nc3ccccc3C2)C1. The van der Waals surface area contributed by atoms with Gasteiger partial charge in [-0.2, -0.15) is 0 Å². The molecule has 24 heavy (non-hydrogen) atoms. The molecule has 0 aromatic heterocycles. The minimum absolute atomic E-state index is 0.161. The highest BCUT2D eigenvalue weighted by atomic mass is 32.2. The Balaban J connectivity index is 1.30. The van der Waals surface area contributed by atoms with Gasteiger partial charge in [0.05, 0.1) is 10.7 Å². The molecule has 0 radical (unpaired) electrons. The van der Waals surface area contributed by atoms with Gasteiger partial charge >= 0.3 is 0 Å². The third-order valence-corrected chi connectivity index (χ3v) is 5.86. The van der Waals surface area contributed by atoms with Crippen LogP contribution in [0.1, 0.15) is 22.3 Å². The largest absolute Gasteiger partial charge is 0.338 e. The van der Waals surface area contributed by atoms with E-state index >= 15 is 0 Å². The van der Waals surface area contributed by atoms with E-state index in [0.717, 1.165) is 42.9 Å². The number of rotatable bonds is 3. The van der Waals surface area contributed by atoms with E-state index in [1.807, 2.05) is 53.1 Å². The number of nitrogens with zero attached hydrogens (tertiary/aromatic N) is 2. The van der Waals surface area contributed by atoms with Crippen LogP contribution in [0.3, 0.4) is 0 Å². The number of carbonyl (C=O) groups is 1. The summed E-state index contributed by atoms with van der Waals surface area (Å²) >= 11 is 1.86. The van der Waals surface area contributed by atoms with Crippen LogP contribution in [0.25, 0.3) is 0 Å². The van der Waals surface area contributed by atoms with Crippen LogP contribution in [-0.4, -0.2) is 34.7 Å². The molecule has 4 rings (SSSR count). The molecule has 0 saturated carbocycles. The highest BCUT2D eigenvalue weighted by Crippen LogP contribution is 2.31. The number of benzene rings is 2. The molecule has 4 heteroatoms. The monoisotopic (exact) mass is 336 g/mol. The van der Waals surface area contributed by atoms with Gasteiger partial charge in [0, 0.05) is 30.8 Å². The van der Waals surface area contributed by atoms with Gasteiger partial charge in [-0.15, -0.1) is 11.8 Å². The molecule has 2 aromatic rings. The Bertz CT molecular complexity index is 772. The van der Waals surface area contributed by atoms with Crippen molar-refractivity contribution in [1.82, 2.24) is 4.90 Å². The minimum Gasteiger partial charge on any atom is -0.338 e. The lowest BCUT2D eigenvalue weighted by atomic mass is 10.1. The van der Waals surface area contributed by atoms with Crippen molar-refractivity contribution >= 4 is 28.4 Å². The third-order valence-electron chi connectivity index (χ3n) is 4.66. The maximum Gasteiger partial charge on any atom is 0.253 e. The van der Waals surface area contributed by atoms with Gasteiger partial charge in [-0.05, 0) is 36.1 Å². The Morgan fingerprint density at radius 1 is 1.12 bits per heavy atom. The summed E-state index contributed by atoms with van der Waals surface area (Å²) in [6.45, 7) is 1.73. The van der Waals surface area contributed by atoms with Gasteiger partial charge in [0.25, 0.3) is 5.91 Å². The smallest absolute Gasteiger partial charge is 0.253 e. The molecule has 1 fully saturated rings. The van der Waals surface area contributed by atoms with Crippen LogP contribution in [-0.2, 0) is 6.42 Å². The summed E-state index contributed by atoms with van der Waals surface area (Å²) in [5.41, 5.74) is 3.24. The topological polar surface area (TPSA) is 32.7 Å². The first-order valence-electron chi connectivity index (χ1n) is 8.42. The fourth-order valence-corrected chi connectivity index (χ4v) is 4.44. The number of likely N-dealkylation sites (tertiary alicyclic amines) is 1. The number of para-hydroxylation sites is 1. The Hall–Kier alpha value is -2.07. The summed E-state index contributed by atoms with van der Waals surface area (Å²) < 4.78 is 0. The van der Waals surface area contributed by atoms with Crippen LogP contribution in [0, 0.1) is 5.92 Å². The van der Waals surface area contributed by atoms with E-state index in [1.54, 1.807) is 0 Å². The molecule has 1 saturated heterocycles. The van der Waals surface area contributed by atoms with Crippen molar-refractivity contribution in [3.8, 4) is 0 Å². The number of hydrogen-bond donors (Lipinski definition) is 0. The predicted molar refractivity (Wildman–Crippen MR) is 100 cm³/mol. The Morgan fingerprint density at radius 3 is 2.75 bits per heavy atom. The lowest BCUT2D eigenvalue weighted by Crippen LogP contribution is -2.28. The van der Waals surface area contributed by atoms with Gasteiger partial charge in [-0.1, -0.05) is 36.4 Å². The first-order chi connectivity index (χ1) is 11.8. The Morgan fingerprint density at radius 2 is 1.92 bits per heavy atom. The first-order valence-corrected chi connectivity index (χ1v) is 9.41. The normalized spacial score (nSPS) is 19.2. The fourth-order valence-electron chi connectivity index (χ4n) is 3.32. The lowest BCUT2D eigenvalue weighted by Gasteiger charge is -2.16. The lowest BCUT2D eigenvalue weighted by molar-refractivity contribution is 0.0788. The van der Waals surface area contributed by atoms with E-state index in [-0.39, 0.29) is 5.91 Å². The highest BCUT2D eigenvalue weighted by Gasteiger charge is 2.27. The maximum atomic E-state index is 12.5. The van der Waals surface area contributed by atoms with E-state index < -0.39 is 0 Å². The average Bonchev–Trinajstić information content (AvgIpc) is 3.26. The molecule has 0 bridgehead atoms. The molecular formula is C20H20N2OS. The maximum absolute atomic E-state index is 12.5. The second-order valence-electron chi connectivity index (χ2n) is 6.39. The molecule has 0 aliphatic carbocycles. The zero-order valence-corrected chi connectivity index (χ0v) is 14.3. The molecule has 0 N–H and O–H groups in total. The molecule has 2 aliphatic rings. The van der Waals surface area contributed by atoms with Gasteiger partial charge in [0.1, 0.15) is 0 Å². The van der Waals surface area contributed by atoms with Gasteiger partial charge in [0.15, 0.2) is 0 Å². The zero-order chi connectivity index (χ0) is 16.4. The quantitative estimate of drug-likeness (QED) is 0.843. The van der Waals surface area contributed by atoms with Crippen LogP contribution in [0.15, 0.2) is 59.6 Å². The average molecular weight is 336 g/mol. The number of fused-ring (bicyclic) bond motifs is 1. The Labute approximate surface area is 146 Å². The summed E-state index contributed by atoms with van der Waals surface area (Å²) in [4.78, 5) is 19.2. The van der Waals surface area contributed by atoms with Crippen molar-refractivity contribution in [1.29, 1.82) is 0 Å². The summed E-state index contributed by atoms with van der Waals surface area (Å²) in [5.74, 6) is 1.77. The second-order valence-corrected chi connectivity index (χ2v) is 7.49. The van der Waals surface area contributed by atoms with Crippen LogP contribution >= 0.6 is 11.8 Å². The van der Waals surface area contributed by atoms with Crippen LogP contribution in [0.5, 0.6) is 0 Å². The van der Waals surface area contributed by atoms with Crippen LogP contribution in [0.2, 0.25) is 0 Å². The highest BCUT2D eigenvalue weighted by molar-refractivity contribution is 8.14. The predicted octanol–water partition coefficient (Wildman–Crippen LogP) is 4.17. The number of carbonyl (C=O) groups excluding carboxylic acids is 1. The number of thioether (sulfide) groups is 1. The number of aliphatic imine (C=N–C) groups is 1. The number of hydrogen-bond acceptors (Lipinski definition) is 3. The zero-order valence-electron chi connectivity index (χ0n) is 13.5. The van der Waals surface area contributed by atoms with Crippen molar-refractivity contribution in [2.24, 2.45) is 10.9 Å². The van der Waals surface area contributed by atoms with Gasteiger partial charge in [-0.3, -0.25) is 4.79 Å². The van der Waals surface area contributed by atoms with Gasteiger partial charge < -0.3 is 4.90 Å². The molecule has 1 amide bonds. The van der Waals surface area contributed by atoms with E-state index in [9.17, 15) is 4.79 Å². The molecule has 1 atom stereocenters. The molecule has 3 nitrogen and oxygen atoms in total. The van der Waals surface area contributed by atoms with Crippen molar-refractivity contribution in [2.45, 2.75) is 12.8 Å². The second kappa shape index (κ2) is 6.81. The molecule has 2 aromatic carbocycles. The Kier molecular flexibility index (Phi) is 4.39. The standard InChI is InChI=1S/C20H20N2OS/c23-20(16-6-2-1-3-7-16)22-11-10-15(13-22)14-24-19-12-17-8-4-5-9-18(17)21-19/h1-9,15H,10-14H2. The van der Waals surface area contributed by atoms with Crippen LogP contribution < -0.4 is 0 Å².